The third-order valence-corrected chi connectivity index (χ3v) is 1.00. The number of rotatable bonds is 0. The molecule has 9 heavy (non-hydrogen) atoms. The lowest BCUT2D eigenvalue weighted by atomic mass is 10.2. The lowest BCUT2D eigenvalue weighted by Gasteiger charge is -1.88. The van der Waals surface area contributed by atoms with Crippen LogP contribution >= 0.6 is 34.0 Å². The third kappa shape index (κ3) is 17.7. The highest BCUT2D eigenvalue weighted by Crippen LogP contribution is 1.96. The fourth-order valence-corrected chi connectivity index (χ4v) is 0. The van der Waals surface area contributed by atoms with Crippen LogP contribution in [0.3, 0.4) is 0 Å². The van der Waals surface area contributed by atoms with E-state index in [9.17, 15) is 0 Å². The molecule has 1 nitrogen and oxygen atoms in total. The van der Waals surface area contributed by atoms with Gasteiger partial charge in [-0.1, -0.05) is 11.1 Å². The van der Waals surface area contributed by atoms with Gasteiger partial charge in [0.05, 0.1) is 0 Å². The van der Waals surface area contributed by atoms with Crippen LogP contribution in [0.1, 0.15) is 27.7 Å². The second-order valence-corrected chi connectivity index (χ2v) is 2.00. The minimum Gasteiger partial charge on any atom is -0.344 e. The molecule has 0 heterocycles. The smallest absolute Gasteiger partial charge is 0.0440 e. The lowest BCUT2D eigenvalue weighted by molar-refractivity contribution is 1.23. The van der Waals surface area contributed by atoms with E-state index in [1.807, 2.05) is 0 Å². The molecule has 0 radical (unpaired) electrons. The molecule has 0 saturated carbocycles. The van der Waals surface area contributed by atoms with Gasteiger partial charge in [-0.2, -0.15) is 0 Å². The van der Waals surface area contributed by atoms with Gasteiger partial charge in [0.15, 0.2) is 0 Å². The molecule has 0 amide bonds. The number of hydrogen-bond donors (Lipinski definition) is 1. The number of hydrogen-bond acceptors (Lipinski definition) is 1. The molecule has 0 bridgehead atoms. The van der Waals surface area contributed by atoms with Gasteiger partial charge < -0.3 is 6.15 Å². The van der Waals surface area contributed by atoms with E-state index in [2.05, 4.69) is 27.7 Å². The van der Waals surface area contributed by atoms with Gasteiger partial charge in [0.1, 0.15) is 0 Å². The molecule has 0 unspecified atom stereocenters. The first-order valence-corrected chi connectivity index (χ1v) is 2.25. The molecular formula is C6H17Br2N. The van der Waals surface area contributed by atoms with Crippen molar-refractivity contribution in [3.8, 4) is 0 Å². The highest BCUT2D eigenvalue weighted by atomic mass is 79.9. The van der Waals surface area contributed by atoms with E-state index in [1.165, 1.54) is 11.1 Å². The number of halogens is 2. The summed E-state index contributed by atoms with van der Waals surface area (Å²) >= 11 is 0. The summed E-state index contributed by atoms with van der Waals surface area (Å²) in [6.07, 6.45) is 0. The van der Waals surface area contributed by atoms with Crippen LogP contribution in [-0.4, -0.2) is 0 Å². The van der Waals surface area contributed by atoms with Crippen molar-refractivity contribution < 1.29 is 0 Å². The van der Waals surface area contributed by atoms with Gasteiger partial charge in [0, 0.05) is 0 Å². The summed E-state index contributed by atoms with van der Waals surface area (Å²) in [6.45, 7) is 8.48. The maximum Gasteiger partial charge on any atom is -0.0440 e. The van der Waals surface area contributed by atoms with E-state index in [-0.39, 0.29) is 40.1 Å². The van der Waals surface area contributed by atoms with Gasteiger partial charge in [0.25, 0.3) is 0 Å². The van der Waals surface area contributed by atoms with Gasteiger partial charge in [-0.15, -0.1) is 34.0 Å². The van der Waals surface area contributed by atoms with E-state index in [1.54, 1.807) is 0 Å². The maximum atomic E-state index is 2.12. The fraction of sp³-hybridized carbons (Fsp3) is 0.667. The van der Waals surface area contributed by atoms with Gasteiger partial charge in [-0.05, 0) is 27.7 Å². The van der Waals surface area contributed by atoms with Crippen LogP contribution in [0.4, 0.5) is 0 Å². The molecule has 3 heteroatoms. The summed E-state index contributed by atoms with van der Waals surface area (Å²) in [5.41, 5.74) is 2.85. The zero-order valence-corrected chi connectivity index (χ0v) is 9.95. The summed E-state index contributed by atoms with van der Waals surface area (Å²) in [5.74, 6) is 0. The van der Waals surface area contributed by atoms with Crippen LogP contribution < -0.4 is 6.15 Å². The molecule has 0 aromatic carbocycles. The van der Waals surface area contributed by atoms with Crippen molar-refractivity contribution >= 4 is 34.0 Å². The summed E-state index contributed by atoms with van der Waals surface area (Å²) in [7, 11) is 0. The Balaban J connectivity index is -0.0000000417. The fourth-order valence-electron chi connectivity index (χ4n) is 0. The first-order valence-electron chi connectivity index (χ1n) is 2.25. The van der Waals surface area contributed by atoms with Crippen molar-refractivity contribution in [2.45, 2.75) is 27.7 Å². The average Bonchev–Trinajstić information content (AvgIpc) is 1.36. The second kappa shape index (κ2) is 11.5. The van der Waals surface area contributed by atoms with Crippen molar-refractivity contribution in [3.05, 3.63) is 11.1 Å². The molecule has 60 valence electrons. The van der Waals surface area contributed by atoms with Crippen LogP contribution in [0.15, 0.2) is 11.1 Å². The molecule has 0 aliphatic carbocycles. The quantitative estimate of drug-likeness (QED) is 0.664. The second-order valence-electron chi connectivity index (χ2n) is 2.00. The van der Waals surface area contributed by atoms with Gasteiger partial charge >= 0.3 is 0 Å². The molecule has 0 rings (SSSR count). The minimum absolute atomic E-state index is 0. The monoisotopic (exact) mass is 261 g/mol. The normalized spacial score (nSPS) is 5.33. The highest BCUT2D eigenvalue weighted by Gasteiger charge is 1.75. The average molecular weight is 263 g/mol. The molecule has 0 aromatic rings. The molecular weight excluding hydrogens is 246 g/mol. The molecule has 3 N–H and O–H groups in total. The highest BCUT2D eigenvalue weighted by molar-refractivity contribution is 8.93. The summed E-state index contributed by atoms with van der Waals surface area (Å²) in [4.78, 5) is 0. The van der Waals surface area contributed by atoms with Crippen LogP contribution in [0.25, 0.3) is 0 Å². The molecule has 0 fully saturated rings. The van der Waals surface area contributed by atoms with E-state index in [0.29, 0.717) is 0 Å². The van der Waals surface area contributed by atoms with Gasteiger partial charge in [-0.25, -0.2) is 0 Å². The summed E-state index contributed by atoms with van der Waals surface area (Å²) < 4.78 is 0. The van der Waals surface area contributed by atoms with E-state index >= 15 is 0 Å². The van der Waals surface area contributed by atoms with E-state index in [0.717, 1.165) is 0 Å². The van der Waals surface area contributed by atoms with E-state index < -0.39 is 0 Å². The zero-order chi connectivity index (χ0) is 5.15. The number of allylic oxidation sites excluding steroid dienone is 2. The predicted molar refractivity (Wildman–Crippen MR) is 55.4 cm³/mol. The predicted octanol–water partition coefficient (Wildman–Crippen LogP) is 3.68. The van der Waals surface area contributed by atoms with Crippen LogP contribution in [-0.2, 0) is 0 Å². The molecule has 0 aromatic heterocycles. The van der Waals surface area contributed by atoms with Gasteiger partial charge in [-0.3, -0.25) is 0 Å². The molecule has 0 aliphatic heterocycles. The lowest BCUT2D eigenvalue weighted by Crippen LogP contribution is -1.66. The van der Waals surface area contributed by atoms with Crippen molar-refractivity contribution in [2.24, 2.45) is 0 Å². The topological polar surface area (TPSA) is 35.0 Å². The Labute approximate surface area is 79.0 Å². The Morgan fingerprint density at radius 3 is 0.778 bits per heavy atom. The standard InChI is InChI=1S/C6H12.2BrH.H3N/c1-5(2)6(3)4;;;/h1-4H3;2*1H;1H3. The molecule has 0 atom stereocenters. The molecule has 0 spiro atoms. The van der Waals surface area contributed by atoms with E-state index in [4.69, 9.17) is 0 Å². The van der Waals surface area contributed by atoms with Crippen LogP contribution in [0.2, 0.25) is 0 Å². The van der Waals surface area contributed by atoms with Crippen molar-refractivity contribution in [1.82, 2.24) is 6.15 Å². The van der Waals surface area contributed by atoms with Crippen LogP contribution in [0.5, 0.6) is 0 Å². The van der Waals surface area contributed by atoms with Crippen LogP contribution in [0, 0.1) is 0 Å². The SMILES string of the molecule is Br.Br.CC(C)=C(C)C.N. The Bertz CT molecular complexity index is 61.1. The first-order chi connectivity index (χ1) is 2.64. The van der Waals surface area contributed by atoms with Gasteiger partial charge in [0.2, 0.25) is 0 Å². The van der Waals surface area contributed by atoms with Crippen molar-refractivity contribution in [1.29, 1.82) is 0 Å². The molecule has 0 saturated heterocycles. The minimum atomic E-state index is 0. The Kier molecular flexibility index (Phi) is 28.8. The molecule has 0 aliphatic rings. The Morgan fingerprint density at radius 2 is 0.778 bits per heavy atom. The Morgan fingerprint density at radius 1 is 0.667 bits per heavy atom. The van der Waals surface area contributed by atoms with Crippen molar-refractivity contribution in [3.63, 3.8) is 0 Å². The first kappa shape index (κ1) is 22.6. The maximum absolute atomic E-state index is 2.12. The summed E-state index contributed by atoms with van der Waals surface area (Å²) in [5, 5.41) is 0. The summed E-state index contributed by atoms with van der Waals surface area (Å²) in [6, 6.07) is 0. The largest absolute Gasteiger partial charge is 0.344 e. The van der Waals surface area contributed by atoms with Crippen molar-refractivity contribution in [2.75, 3.05) is 0 Å². The third-order valence-electron chi connectivity index (χ3n) is 1.00. The zero-order valence-electron chi connectivity index (χ0n) is 6.52. The Hall–Kier alpha value is 0.660.